The van der Waals surface area contributed by atoms with E-state index >= 15 is 0 Å². The van der Waals surface area contributed by atoms with E-state index in [1.54, 1.807) is 16.8 Å². The summed E-state index contributed by atoms with van der Waals surface area (Å²) in [6, 6.07) is 9.77. The molecule has 0 spiro atoms. The molecule has 3 heterocycles. The van der Waals surface area contributed by atoms with E-state index in [0.29, 0.717) is 24.4 Å². The topological polar surface area (TPSA) is 63.5 Å². The predicted molar refractivity (Wildman–Crippen MR) is 112 cm³/mol. The lowest BCUT2D eigenvalue weighted by Crippen LogP contribution is -2.52. The van der Waals surface area contributed by atoms with Gasteiger partial charge in [-0.15, -0.1) is 5.10 Å². The van der Waals surface area contributed by atoms with Crippen LogP contribution in [0.4, 0.5) is 14.5 Å². The van der Waals surface area contributed by atoms with Gasteiger partial charge in [0.2, 0.25) is 5.88 Å². The number of aromatic nitrogens is 3. The van der Waals surface area contributed by atoms with Gasteiger partial charge in [0, 0.05) is 19.0 Å². The molecule has 30 heavy (non-hydrogen) atoms. The smallest absolute Gasteiger partial charge is 0.296 e. The first-order valence-corrected chi connectivity index (χ1v) is 10.3. The number of rotatable bonds is 6. The van der Waals surface area contributed by atoms with E-state index in [1.165, 1.54) is 5.56 Å². The van der Waals surface area contributed by atoms with E-state index in [9.17, 15) is 8.78 Å². The summed E-state index contributed by atoms with van der Waals surface area (Å²) in [6.45, 7) is 6.82. The van der Waals surface area contributed by atoms with Gasteiger partial charge in [0.25, 0.3) is 5.92 Å². The molecule has 4 rings (SSSR count). The quantitative estimate of drug-likeness (QED) is 0.633. The van der Waals surface area contributed by atoms with Gasteiger partial charge in [-0.2, -0.15) is 0 Å². The number of piperidine rings is 1. The van der Waals surface area contributed by atoms with Crippen molar-refractivity contribution in [3.63, 3.8) is 0 Å². The lowest BCUT2D eigenvalue weighted by atomic mass is 10.1. The molecule has 1 aromatic carbocycles. The number of halogens is 2. The maximum absolute atomic E-state index is 14.3. The zero-order chi connectivity index (χ0) is 21.3. The fraction of sp³-hybridized carbons (Fsp3) is 0.455. The van der Waals surface area contributed by atoms with Crippen LogP contribution in [0, 0.1) is 6.92 Å². The Hall–Kier alpha value is -2.74. The molecule has 1 aliphatic heterocycles. The molecule has 1 unspecified atom stereocenters. The maximum atomic E-state index is 14.3. The minimum Gasteiger partial charge on any atom is -0.467 e. The number of nitrogens with zero attached hydrogens (tertiary/aromatic N) is 3. The van der Waals surface area contributed by atoms with Crippen molar-refractivity contribution < 1.29 is 13.5 Å². The molecule has 0 radical (unpaired) electrons. The number of imidazole rings is 1. The molecule has 0 saturated carbocycles. The fourth-order valence-corrected chi connectivity index (χ4v) is 3.65. The van der Waals surface area contributed by atoms with E-state index in [-0.39, 0.29) is 24.8 Å². The van der Waals surface area contributed by atoms with Crippen LogP contribution < -0.4 is 15.4 Å². The van der Waals surface area contributed by atoms with Gasteiger partial charge in [-0.3, -0.25) is 0 Å². The average molecular weight is 415 g/mol. The van der Waals surface area contributed by atoms with Crippen LogP contribution >= 0.6 is 0 Å². The Balaban J connectivity index is 1.68. The SMILES string of the molecule is Cc1ccccc1CNc1cc(OC2CCNCC2(F)F)nn2c(C(C)C)cnc12. The first kappa shape index (κ1) is 20.5. The second-order valence-corrected chi connectivity index (χ2v) is 8.08. The van der Waals surface area contributed by atoms with Crippen molar-refractivity contribution in [1.82, 2.24) is 19.9 Å². The van der Waals surface area contributed by atoms with E-state index in [4.69, 9.17) is 4.74 Å². The summed E-state index contributed by atoms with van der Waals surface area (Å²) in [5.41, 5.74) is 4.57. The monoisotopic (exact) mass is 415 g/mol. The standard InChI is InChI=1S/C22H27F2N5O/c1-14(2)18-12-27-21-17(26-11-16-7-5-4-6-15(16)3)10-20(28-29(18)21)30-19-8-9-25-13-22(19,23)24/h4-7,10,12,14,19,25-26H,8-9,11,13H2,1-3H3. The highest BCUT2D eigenvalue weighted by Gasteiger charge is 2.43. The maximum Gasteiger partial charge on any atom is 0.296 e. The van der Waals surface area contributed by atoms with Gasteiger partial charge >= 0.3 is 0 Å². The molecule has 3 aromatic rings. The first-order valence-electron chi connectivity index (χ1n) is 10.3. The van der Waals surface area contributed by atoms with Crippen LogP contribution in [0.1, 0.15) is 43.0 Å². The van der Waals surface area contributed by atoms with Gasteiger partial charge < -0.3 is 15.4 Å². The number of benzene rings is 1. The Morgan fingerprint density at radius 3 is 2.87 bits per heavy atom. The minimum absolute atomic E-state index is 0.168. The molecule has 1 fully saturated rings. The molecule has 0 aliphatic carbocycles. The number of alkyl halides is 2. The average Bonchev–Trinajstić information content (AvgIpc) is 3.13. The molecular weight excluding hydrogens is 388 g/mol. The van der Waals surface area contributed by atoms with Crippen molar-refractivity contribution in [1.29, 1.82) is 0 Å². The highest BCUT2D eigenvalue weighted by atomic mass is 19.3. The number of ether oxygens (including phenoxy) is 1. The van der Waals surface area contributed by atoms with Crippen LogP contribution in [0.2, 0.25) is 0 Å². The van der Waals surface area contributed by atoms with Crippen LogP contribution in [-0.4, -0.2) is 39.7 Å². The van der Waals surface area contributed by atoms with Crippen molar-refractivity contribution >= 4 is 11.3 Å². The lowest BCUT2D eigenvalue weighted by molar-refractivity contribution is -0.110. The van der Waals surface area contributed by atoms with Gasteiger partial charge in [-0.25, -0.2) is 18.3 Å². The summed E-state index contributed by atoms with van der Waals surface area (Å²) in [5.74, 6) is -2.60. The third kappa shape index (κ3) is 4.09. The van der Waals surface area contributed by atoms with Gasteiger partial charge in [0.05, 0.1) is 24.1 Å². The number of fused-ring (bicyclic) bond motifs is 1. The van der Waals surface area contributed by atoms with Gasteiger partial charge in [0.15, 0.2) is 11.8 Å². The molecule has 6 nitrogen and oxygen atoms in total. The summed E-state index contributed by atoms with van der Waals surface area (Å²) in [6.07, 6.45) is 0.785. The van der Waals surface area contributed by atoms with Gasteiger partial charge in [0.1, 0.15) is 0 Å². The number of nitrogens with one attached hydrogen (secondary N) is 2. The number of aryl methyl sites for hydroxylation is 1. The third-order valence-corrected chi connectivity index (χ3v) is 5.47. The molecule has 2 aromatic heterocycles. The molecular formula is C22H27F2N5O. The fourth-order valence-electron chi connectivity index (χ4n) is 3.65. The molecule has 0 bridgehead atoms. The predicted octanol–water partition coefficient (Wildman–Crippen LogP) is 4.15. The van der Waals surface area contributed by atoms with Crippen molar-refractivity contribution in [3.05, 3.63) is 53.3 Å². The van der Waals surface area contributed by atoms with E-state index < -0.39 is 12.0 Å². The summed E-state index contributed by atoms with van der Waals surface area (Å²) in [4.78, 5) is 4.52. The highest BCUT2D eigenvalue weighted by molar-refractivity contribution is 5.68. The normalized spacial score (nSPS) is 18.7. The number of hydrogen-bond donors (Lipinski definition) is 2. The molecule has 0 amide bonds. The highest BCUT2D eigenvalue weighted by Crippen LogP contribution is 2.30. The van der Waals surface area contributed by atoms with E-state index in [1.807, 2.05) is 26.0 Å². The molecule has 8 heteroatoms. The molecule has 2 N–H and O–H groups in total. The third-order valence-electron chi connectivity index (χ3n) is 5.47. The lowest BCUT2D eigenvalue weighted by Gasteiger charge is -2.31. The van der Waals surface area contributed by atoms with E-state index in [0.717, 1.165) is 11.3 Å². The van der Waals surface area contributed by atoms with Crippen LogP contribution in [0.3, 0.4) is 0 Å². The van der Waals surface area contributed by atoms with Crippen molar-refractivity contribution in [2.75, 3.05) is 18.4 Å². The molecule has 1 saturated heterocycles. The zero-order valence-electron chi connectivity index (χ0n) is 17.5. The van der Waals surface area contributed by atoms with E-state index in [2.05, 4.69) is 39.8 Å². The minimum atomic E-state index is -2.94. The van der Waals surface area contributed by atoms with Gasteiger partial charge in [-0.1, -0.05) is 38.1 Å². The molecule has 160 valence electrons. The largest absolute Gasteiger partial charge is 0.467 e. The number of anilines is 1. The Bertz CT molecular complexity index is 1030. The first-order chi connectivity index (χ1) is 14.3. The van der Waals surface area contributed by atoms with Crippen LogP contribution in [0.5, 0.6) is 5.88 Å². The summed E-state index contributed by atoms with van der Waals surface area (Å²) < 4.78 is 36.0. The molecule has 1 aliphatic rings. The van der Waals surface area contributed by atoms with Crippen molar-refractivity contribution in [3.8, 4) is 5.88 Å². The molecule has 1 atom stereocenters. The summed E-state index contributed by atoms with van der Waals surface area (Å²) in [7, 11) is 0. The zero-order valence-corrected chi connectivity index (χ0v) is 17.5. The van der Waals surface area contributed by atoms with Crippen LogP contribution in [0.25, 0.3) is 5.65 Å². The number of hydrogen-bond acceptors (Lipinski definition) is 5. The Morgan fingerprint density at radius 1 is 1.33 bits per heavy atom. The van der Waals surface area contributed by atoms with Crippen LogP contribution in [0.15, 0.2) is 36.5 Å². The van der Waals surface area contributed by atoms with Crippen LogP contribution in [-0.2, 0) is 6.54 Å². The second kappa shape index (κ2) is 8.18. The van der Waals surface area contributed by atoms with Crippen molar-refractivity contribution in [2.24, 2.45) is 0 Å². The summed E-state index contributed by atoms with van der Waals surface area (Å²) in [5, 5.41) is 10.6. The Kier molecular flexibility index (Phi) is 5.60. The second-order valence-electron chi connectivity index (χ2n) is 8.08. The Labute approximate surface area is 174 Å². The van der Waals surface area contributed by atoms with Crippen molar-refractivity contribution in [2.45, 2.75) is 51.7 Å². The van der Waals surface area contributed by atoms with Gasteiger partial charge in [-0.05, 0) is 30.5 Å². The summed E-state index contributed by atoms with van der Waals surface area (Å²) >= 11 is 0. The Morgan fingerprint density at radius 2 is 2.13 bits per heavy atom.